The van der Waals surface area contributed by atoms with Gasteiger partial charge in [0.15, 0.2) is 11.5 Å². The standard InChI is InChI=1S/C11H13BrO5/c1-15-8-5-7(12)6(4-9(13)14)10(16-2)11(8)17-3/h5H,4H2,1-3H3,(H,13,14). The fourth-order valence-electron chi connectivity index (χ4n) is 1.50. The number of carboxylic acid groups (broad SMARTS) is 1. The Morgan fingerprint density at radius 3 is 2.24 bits per heavy atom. The minimum absolute atomic E-state index is 0.163. The summed E-state index contributed by atoms with van der Waals surface area (Å²) in [5, 5.41) is 8.85. The summed E-state index contributed by atoms with van der Waals surface area (Å²) in [7, 11) is 4.43. The molecule has 94 valence electrons. The highest BCUT2D eigenvalue weighted by molar-refractivity contribution is 9.10. The molecule has 0 bridgehead atoms. The quantitative estimate of drug-likeness (QED) is 0.902. The van der Waals surface area contributed by atoms with Crippen LogP contribution in [0.15, 0.2) is 10.5 Å². The summed E-state index contributed by atoms with van der Waals surface area (Å²) in [6.07, 6.45) is -0.163. The molecule has 0 aliphatic carbocycles. The SMILES string of the molecule is COc1cc(Br)c(CC(=O)O)c(OC)c1OC. The molecule has 5 nitrogen and oxygen atoms in total. The number of methoxy groups -OCH3 is 3. The van der Waals surface area contributed by atoms with Gasteiger partial charge >= 0.3 is 5.97 Å². The average molecular weight is 305 g/mol. The van der Waals surface area contributed by atoms with Crippen LogP contribution in [0.1, 0.15) is 5.56 Å². The minimum Gasteiger partial charge on any atom is -0.493 e. The molecule has 0 heterocycles. The van der Waals surface area contributed by atoms with E-state index in [4.69, 9.17) is 19.3 Å². The van der Waals surface area contributed by atoms with Gasteiger partial charge in [-0.15, -0.1) is 0 Å². The molecule has 17 heavy (non-hydrogen) atoms. The Labute approximate surface area is 107 Å². The fraction of sp³-hybridized carbons (Fsp3) is 0.364. The van der Waals surface area contributed by atoms with Gasteiger partial charge in [0.05, 0.1) is 27.8 Å². The molecular weight excluding hydrogens is 292 g/mol. The van der Waals surface area contributed by atoms with E-state index in [9.17, 15) is 4.79 Å². The molecule has 1 aromatic rings. The maximum atomic E-state index is 10.8. The van der Waals surface area contributed by atoms with Gasteiger partial charge in [0.1, 0.15) is 0 Å². The van der Waals surface area contributed by atoms with Crippen molar-refractivity contribution in [3.8, 4) is 17.2 Å². The first kappa shape index (κ1) is 13.6. The third kappa shape index (κ3) is 2.82. The van der Waals surface area contributed by atoms with Gasteiger partial charge in [-0.3, -0.25) is 4.79 Å². The number of carboxylic acids is 1. The van der Waals surface area contributed by atoms with E-state index in [1.807, 2.05) is 0 Å². The van der Waals surface area contributed by atoms with Crippen LogP contribution in [0.4, 0.5) is 0 Å². The summed E-state index contributed by atoms with van der Waals surface area (Å²) in [6, 6.07) is 1.65. The highest BCUT2D eigenvalue weighted by Gasteiger charge is 2.21. The molecule has 0 unspecified atom stereocenters. The maximum absolute atomic E-state index is 10.8. The van der Waals surface area contributed by atoms with E-state index in [0.717, 1.165) is 0 Å². The second-order valence-corrected chi connectivity index (χ2v) is 4.03. The van der Waals surface area contributed by atoms with Gasteiger partial charge in [0, 0.05) is 10.0 Å². The average Bonchev–Trinajstić information content (AvgIpc) is 2.30. The van der Waals surface area contributed by atoms with Crippen LogP contribution in [0, 0.1) is 0 Å². The topological polar surface area (TPSA) is 65.0 Å². The van der Waals surface area contributed by atoms with Crippen molar-refractivity contribution in [2.24, 2.45) is 0 Å². The molecule has 1 aromatic carbocycles. The van der Waals surface area contributed by atoms with Gasteiger partial charge < -0.3 is 19.3 Å². The second-order valence-electron chi connectivity index (χ2n) is 3.18. The Morgan fingerprint density at radius 2 is 1.82 bits per heavy atom. The number of halogens is 1. The van der Waals surface area contributed by atoms with Crippen LogP contribution in [0.25, 0.3) is 0 Å². The van der Waals surface area contributed by atoms with E-state index < -0.39 is 5.97 Å². The van der Waals surface area contributed by atoms with Crippen LogP contribution in [0.3, 0.4) is 0 Å². The molecule has 0 fully saturated rings. The zero-order valence-electron chi connectivity index (χ0n) is 9.74. The van der Waals surface area contributed by atoms with Gasteiger partial charge in [0.25, 0.3) is 0 Å². The minimum atomic E-state index is -0.948. The summed E-state index contributed by atoms with van der Waals surface area (Å²) in [5.74, 6) is 0.275. The van der Waals surface area contributed by atoms with Crippen molar-refractivity contribution in [2.45, 2.75) is 6.42 Å². The molecule has 0 saturated heterocycles. The number of hydrogen-bond donors (Lipinski definition) is 1. The summed E-state index contributed by atoms with van der Waals surface area (Å²) in [6.45, 7) is 0. The lowest BCUT2D eigenvalue weighted by molar-refractivity contribution is -0.136. The summed E-state index contributed by atoms with van der Waals surface area (Å²) in [4.78, 5) is 10.8. The van der Waals surface area contributed by atoms with Gasteiger partial charge in [-0.1, -0.05) is 15.9 Å². The molecule has 0 amide bonds. The van der Waals surface area contributed by atoms with E-state index in [2.05, 4.69) is 15.9 Å². The van der Waals surface area contributed by atoms with Gasteiger partial charge in [-0.2, -0.15) is 0 Å². The van der Waals surface area contributed by atoms with Crippen LogP contribution >= 0.6 is 15.9 Å². The van der Waals surface area contributed by atoms with E-state index in [1.54, 1.807) is 6.07 Å². The number of carbonyl (C=O) groups is 1. The maximum Gasteiger partial charge on any atom is 0.308 e. The Morgan fingerprint density at radius 1 is 1.24 bits per heavy atom. The van der Waals surface area contributed by atoms with Crippen molar-refractivity contribution >= 4 is 21.9 Å². The van der Waals surface area contributed by atoms with Gasteiger partial charge in [-0.25, -0.2) is 0 Å². The van der Waals surface area contributed by atoms with E-state index in [1.165, 1.54) is 21.3 Å². The van der Waals surface area contributed by atoms with Crippen LogP contribution < -0.4 is 14.2 Å². The number of benzene rings is 1. The molecule has 0 aliphatic heterocycles. The van der Waals surface area contributed by atoms with Gasteiger partial charge in [-0.05, 0) is 6.07 Å². The molecule has 6 heteroatoms. The third-order valence-electron chi connectivity index (χ3n) is 2.21. The van der Waals surface area contributed by atoms with E-state index in [0.29, 0.717) is 27.3 Å². The number of hydrogen-bond acceptors (Lipinski definition) is 4. The highest BCUT2D eigenvalue weighted by atomic mass is 79.9. The van der Waals surface area contributed by atoms with Crippen LogP contribution in [-0.4, -0.2) is 32.4 Å². The Hall–Kier alpha value is -1.43. The number of rotatable bonds is 5. The molecular formula is C11H13BrO5. The number of ether oxygens (including phenoxy) is 3. The summed E-state index contributed by atoms with van der Waals surface area (Å²) >= 11 is 3.29. The molecule has 1 rings (SSSR count). The Balaban J connectivity index is 3.43. The van der Waals surface area contributed by atoms with Crippen molar-refractivity contribution in [3.05, 3.63) is 16.1 Å². The van der Waals surface area contributed by atoms with E-state index in [-0.39, 0.29) is 6.42 Å². The largest absolute Gasteiger partial charge is 0.493 e. The number of aliphatic carboxylic acids is 1. The van der Waals surface area contributed by atoms with E-state index >= 15 is 0 Å². The lowest BCUT2D eigenvalue weighted by atomic mass is 10.1. The summed E-state index contributed by atoms with van der Waals surface area (Å²) in [5.41, 5.74) is 0.512. The Bertz CT molecular complexity index is 430. The zero-order chi connectivity index (χ0) is 13.0. The van der Waals surface area contributed by atoms with Gasteiger partial charge in [0.2, 0.25) is 5.75 Å². The normalized spacial score (nSPS) is 9.88. The predicted molar refractivity (Wildman–Crippen MR) is 65.1 cm³/mol. The molecule has 0 aromatic heterocycles. The Kier molecular flexibility index (Phi) is 4.62. The first-order valence-corrected chi connectivity index (χ1v) is 5.53. The van der Waals surface area contributed by atoms with Crippen LogP contribution in [0.2, 0.25) is 0 Å². The molecule has 0 atom stereocenters. The van der Waals surface area contributed by atoms with Crippen molar-refractivity contribution in [2.75, 3.05) is 21.3 Å². The van der Waals surface area contributed by atoms with Crippen LogP contribution in [0.5, 0.6) is 17.2 Å². The van der Waals surface area contributed by atoms with Crippen molar-refractivity contribution in [1.82, 2.24) is 0 Å². The van der Waals surface area contributed by atoms with Crippen molar-refractivity contribution in [3.63, 3.8) is 0 Å². The van der Waals surface area contributed by atoms with Crippen LogP contribution in [-0.2, 0) is 11.2 Å². The predicted octanol–water partition coefficient (Wildman–Crippen LogP) is 2.10. The highest BCUT2D eigenvalue weighted by Crippen LogP contribution is 2.43. The summed E-state index contributed by atoms with van der Waals surface area (Å²) < 4.78 is 16.1. The first-order chi connectivity index (χ1) is 8.04. The van der Waals surface area contributed by atoms with Crippen molar-refractivity contribution in [1.29, 1.82) is 0 Å². The first-order valence-electron chi connectivity index (χ1n) is 4.74. The lowest BCUT2D eigenvalue weighted by Gasteiger charge is -2.16. The fourth-order valence-corrected chi connectivity index (χ4v) is 2.03. The molecule has 1 N–H and O–H groups in total. The zero-order valence-corrected chi connectivity index (χ0v) is 11.3. The molecule has 0 radical (unpaired) electrons. The molecule has 0 saturated carbocycles. The van der Waals surface area contributed by atoms with Crippen molar-refractivity contribution < 1.29 is 24.1 Å². The molecule has 0 aliphatic rings. The third-order valence-corrected chi connectivity index (χ3v) is 2.91. The molecule has 0 spiro atoms. The monoisotopic (exact) mass is 304 g/mol. The second kappa shape index (κ2) is 5.77. The smallest absolute Gasteiger partial charge is 0.308 e. The lowest BCUT2D eigenvalue weighted by Crippen LogP contribution is -2.05.